The minimum atomic E-state index is -0.464. The van der Waals surface area contributed by atoms with Crippen molar-refractivity contribution in [2.24, 2.45) is 0 Å². The van der Waals surface area contributed by atoms with Crippen molar-refractivity contribution in [3.63, 3.8) is 0 Å². The van der Waals surface area contributed by atoms with Crippen LogP contribution in [0.1, 0.15) is 10.4 Å². The number of ether oxygens (including phenoxy) is 2. The van der Waals surface area contributed by atoms with Crippen LogP contribution in [-0.2, 0) is 14.3 Å². The fourth-order valence-corrected chi connectivity index (χ4v) is 1.62. The first kappa shape index (κ1) is 16.3. The number of anilines is 1. The molecule has 0 heterocycles. The number of rotatable bonds is 7. The summed E-state index contributed by atoms with van der Waals surface area (Å²) in [4.78, 5) is 22.9. The number of hydrogen-bond acceptors (Lipinski definition) is 5. The summed E-state index contributed by atoms with van der Waals surface area (Å²) in [7, 11) is 2.86. The molecule has 0 saturated heterocycles. The Morgan fingerprint density at radius 2 is 2.05 bits per heavy atom. The summed E-state index contributed by atoms with van der Waals surface area (Å²) in [5.74, 6) is -0.657. The summed E-state index contributed by atoms with van der Waals surface area (Å²) in [6.07, 6.45) is 0. The molecule has 0 radical (unpaired) electrons. The summed E-state index contributed by atoms with van der Waals surface area (Å²) >= 11 is 5.99. The van der Waals surface area contributed by atoms with E-state index in [4.69, 9.17) is 16.3 Å². The van der Waals surface area contributed by atoms with Crippen molar-refractivity contribution in [2.45, 2.75) is 0 Å². The number of methoxy groups -OCH3 is 2. The van der Waals surface area contributed by atoms with Gasteiger partial charge in [-0.1, -0.05) is 11.6 Å². The lowest BCUT2D eigenvalue weighted by atomic mass is 10.2. The highest BCUT2D eigenvalue weighted by atomic mass is 35.5. The number of carbonyl (C=O) groups excluding carboxylic acids is 2. The van der Waals surface area contributed by atoms with E-state index in [0.717, 1.165) is 0 Å². The SMILES string of the molecule is COCCNC(=O)CNc1cc(C(=O)OC)ccc1Cl. The quantitative estimate of drug-likeness (QED) is 0.586. The molecule has 1 aromatic rings. The first-order chi connectivity index (χ1) is 9.58. The molecular weight excluding hydrogens is 284 g/mol. The van der Waals surface area contributed by atoms with Crippen LogP contribution in [-0.4, -0.2) is 45.8 Å². The maximum absolute atomic E-state index is 11.5. The molecule has 0 spiro atoms. The van der Waals surface area contributed by atoms with Gasteiger partial charge in [-0.25, -0.2) is 4.79 Å². The van der Waals surface area contributed by atoms with Crippen molar-refractivity contribution in [1.29, 1.82) is 0 Å². The van der Waals surface area contributed by atoms with Crippen LogP contribution in [0.2, 0.25) is 5.02 Å². The van der Waals surface area contributed by atoms with Gasteiger partial charge in [-0.15, -0.1) is 0 Å². The zero-order valence-electron chi connectivity index (χ0n) is 11.4. The van der Waals surface area contributed by atoms with Gasteiger partial charge in [-0.3, -0.25) is 4.79 Å². The lowest BCUT2D eigenvalue weighted by molar-refractivity contribution is -0.119. The van der Waals surface area contributed by atoms with E-state index in [1.54, 1.807) is 19.2 Å². The highest BCUT2D eigenvalue weighted by Gasteiger charge is 2.09. The molecular formula is C13H17ClN2O4. The van der Waals surface area contributed by atoms with Gasteiger partial charge in [-0.05, 0) is 18.2 Å². The third-order valence-corrected chi connectivity index (χ3v) is 2.78. The molecule has 7 heteroatoms. The number of nitrogens with one attached hydrogen (secondary N) is 2. The summed E-state index contributed by atoms with van der Waals surface area (Å²) in [5.41, 5.74) is 0.857. The van der Waals surface area contributed by atoms with Crippen molar-refractivity contribution in [3.8, 4) is 0 Å². The molecule has 20 heavy (non-hydrogen) atoms. The zero-order chi connectivity index (χ0) is 15.0. The van der Waals surface area contributed by atoms with Crippen LogP contribution >= 0.6 is 11.6 Å². The second kappa shape index (κ2) is 8.39. The van der Waals surface area contributed by atoms with Gasteiger partial charge in [0.15, 0.2) is 0 Å². The Bertz CT molecular complexity index is 479. The number of halogens is 1. The summed E-state index contributed by atoms with van der Waals surface area (Å²) in [6, 6.07) is 4.66. The fraction of sp³-hybridized carbons (Fsp3) is 0.385. The van der Waals surface area contributed by atoms with Crippen LogP contribution in [0.4, 0.5) is 5.69 Å². The topological polar surface area (TPSA) is 76.7 Å². The normalized spacial score (nSPS) is 9.95. The number of carbonyl (C=O) groups is 2. The van der Waals surface area contributed by atoms with Crippen LogP contribution in [0.5, 0.6) is 0 Å². The molecule has 0 saturated carbocycles. The Labute approximate surface area is 122 Å². The van der Waals surface area contributed by atoms with Crippen molar-refractivity contribution < 1.29 is 19.1 Å². The number of hydrogen-bond donors (Lipinski definition) is 2. The van der Waals surface area contributed by atoms with Crippen LogP contribution < -0.4 is 10.6 Å². The van der Waals surface area contributed by atoms with Crippen LogP contribution in [0.15, 0.2) is 18.2 Å². The Morgan fingerprint density at radius 1 is 1.30 bits per heavy atom. The molecule has 0 aliphatic rings. The molecule has 0 aliphatic carbocycles. The summed E-state index contributed by atoms with van der Waals surface area (Å²) in [6.45, 7) is 0.936. The lowest BCUT2D eigenvalue weighted by Gasteiger charge is -2.10. The Kier molecular flexibility index (Phi) is 6.83. The van der Waals surface area contributed by atoms with E-state index in [1.165, 1.54) is 13.2 Å². The van der Waals surface area contributed by atoms with E-state index >= 15 is 0 Å². The molecule has 1 rings (SSSR count). The molecule has 2 N–H and O–H groups in total. The minimum Gasteiger partial charge on any atom is -0.465 e. The average molecular weight is 301 g/mol. The van der Waals surface area contributed by atoms with Gasteiger partial charge in [0.1, 0.15) is 0 Å². The summed E-state index contributed by atoms with van der Waals surface area (Å²) < 4.78 is 9.44. The van der Waals surface area contributed by atoms with Gasteiger partial charge in [-0.2, -0.15) is 0 Å². The van der Waals surface area contributed by atoms with Gasteiger partial charge in [0.05, 0.1) is 36.5 Å². The number of esters is 1. The van der Waals surface area contributed by atoms with E-state index in [9.17, 15) is 9.59 Å². The van der Waals surface area contributed by atoms with Crippen LogP contribution in [0.25, 0.3) is 0 Å². The van der Waals surface area contributed by atoms with Crippen molar-refractivity contribution in [1.82, 2.24) is 5.32 Å². The van der Waals surface area contributed by atoms with Gasteiger partial charge < -0.3 is 20.1 Å². The van der Waals surface area contributed by atoms with Gasteiger partial charge in [0.2, 0.25) is 5.91 Å². The standard InChI is InChI=1S/C13H17ClN2O4/c1-19-6-5-15-12(17)8-16-11-7-9(13(18)20-2)3-4-10(11)14/h3-4,7,16H,5-6,8H2,1-2H3,(H,15,17). The highest BCUT2D eigenvalue weighted by molar-refractivity contribution is 6.33. The third kappa shape index (κ3) is 5.07. The van der Waals surface area contributed by atoms with E-state index in [1.807, 2.05) is 0 Å². The van der Waals surface area contributed by atoms with E-state index in [0.29, 0.717) is 29.4 Å². The maximum Gasteiger partial charge on any atom is 0.337 e. The predicted molar refractivity (Wildman–Crippen MR) is 76.2 cm³/mol. The molecule has 0 aliphatic heterocycles. The zero-order valence-corrected chi connectivity index (χ0v) is 12.1. The first-order valence-electron chi connectivity index (χ1n) is 5.96. The molecule has 0 aromatic heterocycles. The number of benzene rings is 1. The van der Waals surface area contributed by atoms with Crippen LogP contribution in [0, 0.1) is 0 Å². The minimum absolute atomic E-state index is 0.0497. The molecule has 0 atom stereocenters. The van der Waals surface area contributed by atoms with Gasteiger partial charge >= 0.3 is 5.97 Å². The molecule has 6 nitrogen and oxygen atoms in total. The van der Waals surface area contributed by atoms with Gasteiger partial charge in [0.25, 0.3) is 0 Å². The smallest absolute Gasteiger partial charge is 0.337 e. The van der Waals surface area contributed by atoms with Gasteiger partial charge in [0, 0.05) is 13.7 Å². The Morgan fingerprint density at radius 3 is 2.70 bits per heavy atom. The predicted octanol–water partition coefficient (Wildman–Crippen LogP) is 1.30. The van der Waals surface area contributed by atoms with E-state index in [2.05, 4.69) is 15.4 Å². The molecule has 110 valence electrons. The second-order valence-electron chi connectivity index (χ2n) is 3.88. The summed E-state index contributed by atoms with van der Waals surface area (Å²) in [5, 5.41) is 5.95. The molecule has 0 bridgehead atoms. The van der Waals surface area contributed by atoms with Crippen molar-refractivity contribution in [2.75, 3.05) is 39.2 Å². The monoisotopic (exact) mass is 300 g/mol. The lowest BCUT2D eigenvalue weighted by Crippen LogP contribution is -2.32. The van der Waals surface area contributed by atoms with Crippen molar-refractivity contribution >= 4 is 29.2 Å². The fourth-order valence-electron chi connectivity index (χ4n) is 1.44. The number of amides is 1. The van der Waals surface area contributed by atoms with Crippen molar-refractivity contribution in [3.05, 3.63) is 28.8 Å². The van der Waals surface area contributed by atoms with E-state index in [-0.39, 0.29) is 12.5 Å². The maximum atomic E-state index is 11.5. The Hall–Kier alpha value is -1.79. The first-order valence-corrected chi connectivity index (χ1v) is 6.33. The highest BCUT2D eigenvalue weighted by Crippen LogP contribution is 2.23. The largest absolute Gasteiger partial charge is 0.465 e. The second-order valence-corrected chi connectivity index (χ2v) is 4.29. The van der Waals surface area contributed by atoms with E-state index < -0.39 is 5.97 Å². The molecule has 1 aromatic carbocycles. The average Bonchev–Trinajstić information content (AvgIpc) is 2.46. The molecule has 1 amide bonds. The van der Waals surface area contributed by atoms with Crippen LogP contribution in [0.3, 0.4) is 0 Å². The Balaban J connectivity index is 2.58. The molecule has 0 fully saturated rings. The molecule has 0 unspecified atom stereocenters. The third-order valence-electron chi connectivity index (χ3n) is 2.46.